The van der Waals surface area contributed by atoms with Crippen LogP contribution in [0.5, 0.6) is 0 Å². The van der Waals surface area contributed by atoms with E-state index in [9.17, 15) is 9.13 Å². The van der Waals surface area contributed by atoms with Crippen LogP contribution in [-0.4, -0.2) is 17.5 Å². The quantitative estimate of drug-likeness (QED) is 0.570. The molecule has 1 aliphatic rings. The van der Waals surface area contributed by atoms with Gasteiger partial charge in [-0.1, -0.05) is 87.5 Å². The third-order valence-corrected chi connectivity index (χ3v) is 13.7. The number of hydrogen-bond acceptors (Lipinski definition) is 2. The van der Waals surface area contributed by atoms with Crippen molar-refractivity contribution in [1.29, 1.82) is 0 Å². The van der Waals surface area contributed by atoms with Gasteiger partial charge in [-0.15, -0.1) is 0 Å². The van der Waals surface area contributed by atoms with E-state index < -0.39 is 14.3 Å². The van der Waals surface area contributed by atoms with Crippen LogP contribution >= 0.6 is 14.3 Å². The minimum Gasteiger partial charge on any atom is -0.319 e. The lowest BCUT2D eigenvalue weighted by Crippen LogP contribution is -2.31. The first-order chi connectivity index (χ1) is 12.7. The van der Waals surface area contributed by atoms with Crippen LogP contribution < -0.4 is 10.6 Å². The van der Waals surface area contributed by atoms with Crippen LogP contribution in [0.3, 0.4) is 0 Å². The summed E-state index contributed by atoms with van der Waals surface area (Å²) in [6, 6.07) is 19.6. The highest BCUT2D eigenvalue weighted by Gasteiger charge is 2.47. The predicted molar refractivity (Wildman–Crippen MR) is 119 cm³/mol. The number of allylic oxidation sites excluding steroid dienone is 2. The SMILES string of the molecule is CC(C)(C)P(C)(=O)C1=CCCCC1P(=O)(c1ccccc1)c1ccccc1. The molecular weight excluding hydrogens is 370 g/mol. The predicted octanol–water partition coefficient (Wildman–Crippen LogP) is 6.23. The first-order valence-corrected chi connectivity index (χ1v) is 13.6. The van der Waals surface area contributed by atoms with E-state index in [0.717, 1.165) is 35.2 Å². The van der Waals surface area contributed by atoms with E-state index in [-0.39, 0.29) is 10.8 Å². The van der Waals surface area contributed by atoms with Crippen LogP contribution in [0.1, 0.15) is 40.0 Å². The summed E-state index contributed by atoms with van der Waals surface area (Å²) in [5, 5.41) is 2.33. The molecule has 2 aromatic rings. The maximum Gasteiger partial charge on any atom is 0.150 e. The molecule has 2 unspecified atom stereocenters. The fourth-order valence-electron chi connectivity index (χ4n) is 3.87. The van der Waals surface area contributed by atoms with Gasteiger partial charge in [0.2, 0.25) is 0 Å². The summed E-state index contributed by atoms with van der Waals surface area (Å²) in [5.41, 5.74) is -0.189. The Morgan fingerprint density at radius 2 is 1.33 bits per heavy atom. The Bertz CT molecular complexity index is 865. The van der Waals surface area contributed by atoms with Crippen molar-refractivity contribution in [2.24, 2.45) is 0 Å². The summed E-state index contributed by atoms with van der Waals surface area (Å²) in [5.74, 6) is 0. The zero-order valence-electron chi connectivity index (χ0n) is 16.8. The molecule has 2 nitrogen and oxygen atoms in total. The Labute approximate surface area is 163 Å². The molecule has 0 fully saturated rings. The van der Waals surface area contributed by atoms with E-state index in [1.807, 2.05) is 88.1 Å². The van der Waals surface area contributed by atoms with Crippen molar-refractivity contribution >= 4 is 24.9 Å². The molecule has 0 spiro atoms. The molecule has 0 saturated carbocycles. The molecule has 0 amide bonds. The Hall–Kier alpha value is -1.36. The fourth-order valence-corrected chi connectivity index (χ4v) is 10.2. The molecule has 0 aromatic heterocycles. The smallest absolute Gasteiger partial charge is 0.150 e. The first-order valence-electron chi connectivity index (χ1n) is 9.68. The molecule has 0 aliphatic heterocycles. The van der Waals surface area contributed by atoms with Crippen LogP contribution in [0.25, 0.3) is 0 Å². The maximum absolute atomic E-state index is 14.8. The Morgan fingerprint density at radius 1 is 0.852 bits per heavy atom. The van der Waals surface area contributed by atoms with Crippen molar-refractivity contribution < 1.29 is 9.13 Å². The molecule has 27 heavy (non-hydrogen) atoms. The normalized spacial score (nSPS) is 20.6. The lowest BCUT2D eigenvalue weighted by atomic mass is 10.1. The zero-order chi connectivity index (χ0) is 19.7. The average Bonchev–Trinajstić information content (AvgIpc) is 2.68. The first kappa shape index (κ1) is 20.4. The molecule has 2 aromatic carbocycles. The average molecular weight is 400 g/mol. The Kier molecular flexibility index (Phi) is 5.72. The van der Waals surface area contributed by atoms with Gasteiger partial charge in [0.05, 0.1) is 0 Å². The molecule has 1 aliphatic carbocycles. The summed E-state index contributed by atoms with van der Waals surface area (Å²) in [7, 11) is -5.62. The van der Waals surface area contributed by atoms with E-state index in [2.05, 4.69) is 6.08 Å². The van der Waals surface area contributed by atoms with Crippen molar-refractivity contribution in [3.63, 3.8) is 0 Å². The monoisotopic (exact) mass is 400 g/mol. The highest BCUT2D eigenvalue weighted by atomic mass is 31.2. The van der Waals surface area contributed by atoms with Gasteiger partial charge in [-0.05, 0) is 31.2 Å². The lowest BCUT2D eigenvalue weighted by Gasteiger charge is -2.39. The molecular formula is C23H30O2P2. The summed E-state index contributed by atoms with van der Waals surface area (Å²) >= 11 is 0. The van der Waals surface area contributed by atoms with Crippen LogP contribution in [0.15, 0.2) is 72.1 Å². The summed E-state index contributed by atoms with van der Waals surface area (Å²) < 4.78 is 28.7. The summed E-state index contributed by atoms with van der Waals surface area (Å²) in [4.78, 5) is 0. The minimum atomic E-state index is -2.96. The van der Waals surface area contributed by atoms with Gasteiger partial charge < -0.3 is 9.13 Å². The van der Waals surface area contributed by atoms with Gasteiger partial charge in [0, 0.05) is 21.4 Å². The van der Waals surface area contributed by atoms with Crippen LogP contribution in [-0.2, 0) is 9.13 Å². The number of rotatable bonds is 4. The molecule has 4 heteroatoms. The Balaban J connectivity index is 2.24. The van der Waals surface area contributed by atoms with E-state index in [4.69, 9.17) is 0 Å². The molecule has 0 bridgehead atoms. The second kappa shape index (κ2) is 7.57. The maximum atomic E-state index is 14.8. The van der Waals surface area contributed by atoms with Crippen molar-refractivity contribution in [2.75, 3.05) is 6.66 Å². The van der Waals surface area contributed by atoms with Crippen LogP contribution in [0.4, 0.5) is 0 Å². The molecule has 144 valence electrons. The molecule has 0 radical (unpaired) electrons. The molecule has 3 rings (SSSR count). The highest BCUT2D eigenvalue weighted by Crippen LogP contribution is 2.69. The third kappa shape index (κ3) is 3.67. The molecule has 0 N–H and O–H groups in total. The van der Waals surface area contributed by atoms with Gasteiger partial charge >= 0.3 is 0 Å². The van der Waals surface area contributed by atoms with Gasteiger partial charge in [-0.2, -0.15) is 0 Å². The minimum absolute atomic E-state index is 0.189. The van der Waals surface area contributed by atoms with Crippen LogP contribution in [0, 0.1) is 0 Å². The third-order valence-electron chi connectivity index (χ3n) is 5.87. The van der Waals surface area contributed by atoms with Gasteiger partial charge in [0.15, 0.2) is 7.14 Å². The molecule has 0 heterocycles. The highest BCUT2D eigenvalue weighted by molar-refractivity contribution is 7.81. The van der Waals surface area contributed by atoms with E-state index in [0.29, 0.717) is 0 Å². The van der Waals surface area contributed by atoms with Crippen molar-refractivity contribution in [3.8, 4) is 0 Å². The fraction of sp³-hybridized carbons (Fsp3) is 0.391. The standard InChI is InChI=1S/C23H30O2P2/c1-23(2,3)26(4,24)21-17-11-12-18-22(21)27(25,19-13-7-5-8-14-19)20-15-9-6-10-16-20/h5-10,13-17,22H,11-12,18H2,1-4H3. The Morgan fingerprint density at radius 3 is 1.78 bits per heavy atom. The molecule has 2 atom stereocenters. The largest absolute Gasteiger partial charge is 0.319 e. The zero-order valence-corrected chi connectivity index (χ0v) is 18.5. The van der Waals surface area contributed by atoms with Gasteiger partial charge in [-0.25, -0.2) is 0 Å². The van der Waals surface area contributed by atoms with Gasteiger partial charge in [0.25, 0.3) is 0 Å². The summed E-state index contributed by atoms with van der Waals surface area (Å²) in [6.07, 6.45) is 4.87. The van der Waals surface area contributed by atoms with Gasteiger partial charge in [-0.3, -0.25) is 0 Å². The number of benzene rings is 2. The van der Waals surface area contributed by atoms with Crippen LogP contribution in [0.2, 0.25) is 0 Å². The van der Waals surface area contributed by atoms with E-state index >= 15 is 0 Å². The molecule has 0 saturated heterocycles. The van der Waals surface area contributed by atoms with Gasteiger partial charge in [0.1, 0.15) is 7.14 Å². The van der Waals surface area contributed by atoms with E-state index in [1.54, 1.807) is 0 Å². The second-order valence-corrected chi connectivity index (χ2v) is 15.2. The second-order valence-electron chi connectivity index (χ2n) is 8.50. The van der Waals surface area contributed by atoms with E-state index in [1.165, 1.54) is 0 Å². The topological polar surface area (TPSA) is 34.1 Å². The van der Waals surface area contributed by atoms with Crippen molar-refractivity contribution in [3.05, 3.63) is 72.1 Å². The van der Waals surface area contributed by atoms with Crippen molar-refractivity contribution in [2.45, 2.75) is 50.8 Å². The number of hydrogen-bond donors (Lipinski definition) is 0. The summed E-state index contributed by atoms with van der Waals surface area (Å²) in [6.45, 7) is 8.00. The lowest BCUT2D eigenvalue weighted by molar-refractivity contribution is 0.549. The van der Waals surface area contributed by atoms with Crippen molar-refractivity contribution in [1.82, 2.24) is 0 Å².